The summed E-state index contributed by atoms with van der Waals surface area (Å²) in [5, 5.41) is 4.18. The van der Waals surface area contributed by atoms with E-state index in [1.165, 1.54) is 31.2 Å². The zero-order chi connectivity index (χ0) is 12.4. The molecule has 0 unspecified atom stereocenters. The van der Waals surface area contributed by atoms with E-state index in [0.717, 1.165) is 36.2 Å². The van der Waals surface area contributed by atoms with Crippen molar-refractivity contribution in [1.82, 2.24) is 5.32 Å². The van der Waals surface area contributed by atoms with Crippen LogP contribution in [0.4, 0.5) is 0 Å². The first-order valence-corrected chi connectivity index (χ1v) is 7.35. The van der Waals surface area contributed by atoms with Gasteiger partial charge in [-0.05, 0) is 68.8 Å². The van der Waals surface area contributed by atoms with E-state index in [-0.39, 0.29) is 0 Å². The zero-order valence-electron chi connectivity index (χ0n) is 10.6. The van der Waals surface area contributed by atoms with E-state index >= 15 is 0 Å². The van der Waals surface area contributed by atoms with Crippen LogP contribution in [0.1, 0.15) is 31.2 Å². The van der Waals surface area contributed by atoms with Crippen molar-refractivity contribution in [1.29, 1.82) is 0 Å². The lowest BCUT2D eigenvalue weighted by atomic mass is 9.91. The van der Waals surface area contributed by atoms with E-state index in [1.807, 2.05) is 6.07 Å². The average molecular weight is 266 g/mol. The van der Waals surface area contributed by atoms with Crippen LogP contribution in [0, 0.1) is 5.92 Å². The smallest absolute Gasteiger partial charge is 0.138 e. The summed E-state index contributed by atoms with van der Waals surface area (Å²) in [7, 11) is 0. The third kappa shape index (κ3) is 3.18. The minimum atomic E-state index is 0.415. The van der Waals surface area contributed by atoms with E-state index in [1.54, 1.807) is 0 Å². The van der Waals surface area contributed by atoms with Crippen LogP contribution < -0.4 is 10.1 Å². The number of hydrogen-bond acceptors (Lipinski definition) is 2. The van der Waals surface area contributed by atoms with Crippen molar-refractivity contribution in [3.8, 4) is 5.75 Å². The Kier molecular flexibility index (Phi) is 3.76. The Morgan fingerprint density at radius 1 is 1.17 bits per heavy atom. The van der Waals surface area contributed by atoms with Gasteiger partial charge in [-0.2, -0.15) is 0 Å². The highest BCUT2D eigenvalue weighted by atomic mass is 35.5. The molecular formula is C15H20ClNO. The van der Waals surface area contributed by atoms with Gasteiger partial charge in [0.25, 0.3) is 0 Å². The summed E-state index contributed by atoms with van der Waals surface area (Å²) in [5.74, 6) is 1.66. The number of rotatable bonds is 4. The van der Waals surface area contributed by atoms with Crippen molar-refractivity contribution >= 4 is 11.6 Å². The normalized spacial score (nSPS) is 20.9. The Morgan fingerprint density at radius 3 is 2.61 bits per heavy atom. The molecule has 1 aliphatic carbocycles. The van der Waals surface area contributed by atoms with E-state index in [9.17, 15) is 0 Å². The van der Waals surface area contributed by atoms with E-state index in [0.29, 0.717) is 6.10 Å². The fraction of sp³-hybridized carbons (Fsp3) is 0.600. The molecule has 1 aromatic rings. The first-order valence-electron chi connectivity index (χ1n) is 6.97. The summed E-state index contributed by atoms with van der Waals surface area (Å²) in [5.41, 5.74) is 1.34. The standard InChI is InChI=1S/C15H20ClNO/c16-14-10-12(9-11-5-7-17-8-6-11)1-4-15(14)18-13-2-3-13/h1,4,10-11,13,17H,2-3,5-9H2. The summed E-state index contributed by atoms with van der Waals surface area (Å²) in [4.78, 5) is 0. The first kappa shape index (κ1) is 12.3. The molecule has 3 rings (SSSR count). The fourth-order valence-corrected chi connectivity index (χ4v) is 2.80. The van der Waals surface area contributed by atoms with E-state index in [4.69, 9.17) is 16.3 Å². The molecule has 2 nitrogen and oxygen atoms in total. The average Bonchev–Trinajstić information content (AvgIpc) is 3.18. The van der Waals surface area contributed by atoms with Crippen LogP contribution in [0.5, 0.6) is 5.75 Å². The maximum absolute atomic E-state index is 6.28. The topological polar surface area (TPSA) is 21.3 Å². The molecule has 0 atom stereocenters. The van der Waals surface area contributed by atoms with Crippen LogP contribution in [0.25, 0.3) is 0 Å². The zero-order valence-corrected chi connectivity index (χ0v) is 11.4. The lowest BCUT2D eigenvalue weighted by molar-refractivity contribution is 0.303. The third-order valence-corrected chi connectivity index (χ3v) is 4.09. The van der Waals surface area contributed by atoms with Crippen LogP contribution in [0.15, 0.2) is 18.2 Å². The first-order chi connectivity index (χ1) is 8.81. The van der Waals surface area contributed by atoms with Gasteiger partial charge < -0.3 is 10.1 Å². The van der Waals surface area contributed by atoms with Gasteiger partial charge >= 0.3 is 0 Å². The van der Waals surface area contributed by atoms with Crippen molar-refractivity contribution in [3.63, 3.8) is 0 Å². The van der Waals surface area contributed by atoms with Crippen LogP contribution in [0.2, 0.25) is 5.02 Å². The number of benzene rings is 1. The maximum Gasteiger partial charge on any atom is 0.138 e. The number of nitrogens with one attached hydrogen (secondary N) is 1. The molecule has 1 heterocycles. The Labute approximate surface area is 114 Å². The van der Waals surface area contributed by atoms with Crippen molar-refractivity contribution < 1.29 is 4.74 Å². The number of hydrogen-bond donors (Lipinski definition) is 1. The van der Waals surface area contributed by atoms with Crippen LogP contribution >= 0.6 is 11.6 Å². The van der Waals surface area contributed by atoms with Crippen LogP contribution in [-0.2, 0) is 6.42 Å². The molecule has 1 N–H and O–H groups in total. The molecule has 0 spiro atoms. The number of halogens is 1. The van der Waals surface area contributed by atoms with Crippen LogP contribution in [0.3, 0.4) is 0 Å². The summed E-state index contributed by atoms with van der Waals surface area (Å²) in [6, 6.07) is 6.30. The Balaban J connectivity index is 1.63. The Morgan fingerprint density at radius 2 is 1.94 bits per heavy atom. The second kappa shape index (κ2) is 5.50. The minimum Gasteiger partial charge on any atom is -0.489 e. The van der Waals surface area contributed by atoms with Crippen molar-refractivity contribution in [3.05, 3.63) is 28.8 Å². The molecule has 0 amide bonds. The van der Waals surface area contributed by atoms with Gasteiger partial charge in [-0.3, -0.25) is 0 Å². The predicted molar refractivity (Wildman–Crippen MR) is 74.4 cm³/mol. The molecule has 98 valence electrons. The summed E-state index contributed by atoms with van der Waals surface area (Å²) >= 11 is 6.28. The largest absolute Gasteiger partial charge is 0.489 e. The van der Waals surface area contributed by atoms with Crippen molar-refractivity contribution in [2.24, 2.45) is 5.92 Å². The summed E-state index contributed by atoms with van der Waals surface area (Å²) in [6.07, 6.45) is 6.46. The number of ether oxygens (including phenoxy) is 1. The van der Waals surface area contributed by atoms with Crippen LogP contribution in [-0.4, -0.2) is 19.2 Å². The molecule has 0 aromatic heterocycles. The second-order valence-corrected chi connectivity index (χ2v) is 5.89. The molecule has 18 heavy (non-hydrogen) atoms. The monoisotopic (exact) mass is 265 g/mol. The fourth-order valence-electron chi connectivity index (χ4n) is 2.55. The molecular weight excluding hydrogens is 246 g/mol. The summed E-state index contributed by atoms with van der Waals surface area (Å²) < 4.78 is 5.76. The third-order valence-electron chi connectivity index (χ3n) is 3.80. The molecule has 0 bridgehead atoms. The minimum absolute atomic E-state index is 0.415. The molecule has 2 aliphatic rings. The molecule has 1 saturated carbocycles. The van der Waals surface area contributed by atoms with Gasteiger partial charge in [-0.25, -0.2) is 0 Å². The lowest BCUT2D eigenvalue weighted by Crippen LogP contribution is -2.28. The van der Waals surface area contributed by atoms with E-state index < -0.39 is 0 Å². The molecule has 1 aromatic carbocycles. The highest BCUT2D eigenvalue weighted by Crippen LogP contribution is 2.33. The molecule has 1 aliphatic heterocycles. The SMILES string of the molecule is Clc1cc(CC2CCNCC2)ccc1OC1CC1. The predicted octanol–water partition coefficient (Wildman–Crippen LogP) is 3.42. The van der Waals surface area contributed by atoms with Gasteiger partial charge in [-0.15, -0.1) is 0 Å². The molecule has 2 fully saturated rings. The summed E-state index contributed by atoms with van der Waals surface area (Å²) in [6.45, 7) is 2.31. The number of piperidine rings is 1. The van der Waals surface area contributed by atoms with Crippen molar-refractivity contribution in [2.75, 3.05) is 13.1 Å². The molecule has 1 saturated heterocycles. The Hall–Kier alpha value is -0.730. The van der Waals surface area contributed by atoms with Crippen molar-refractivity contribution in [2.45, 2.75) is 38.2 Å². The van der Waals surface area contributed by atoms with Gasteiger partial charge in [0.1, 0.15) is 5.75 Å². The van der Waals surface area contributed by atoms with E-state index in [2.05, 4.69) is 17.4 Å². The lowest BCUT2D eigenvalue weighted by Gasteiger charge is -2.22. The van der Waals surface area contributed by atoms with Gasteiger partial charge in [0, 0.05) is 0 Å². The maximum atomic E-state index is 6.28. The second-order valence-electron chi connectivity index (χ2n) is 5.48. The van der Waals surface area contributed by atoms with Gasteiger partial charge in [0.05, 0.1) is 11.1 Å². The van der Waals surface area contributed by atoms with Gasteiger partial charge in [0.2, 0.25) is 0 Å². The Bertz CT molecular complexity index is 411. The molecule has 3 heteroatoms. The van der Waals surface area contributed by atoms with Gasteiger partial charge in [-0.1, -0.05) is 17.7 Å². The quantitative estimate of drug-likeness (QED) is 0.901. The highest BCUT2D eigenvalue weighted by Gasteiger charge is 2.24. The van der Waals surface area contributed by atoms with Gasteiger partial charge in [0.15, 0.2) is 0 Å². The molecule has 0 radical (unpaired) electrons. The highest BCUT2D eigenvalue weighted by molar-refractivity contribution is 6.32.